The summed E-state index contributed by atoms with van der Waals surface area (Å²) in [6, 6.07) is 6.33. The number of aromatic nitrogens is 3. The first kappa shape index (κ1) is 13.3. The fraction of sp³-hybridized carbons (Fsp3) is 0.154. The first-order valence-electron chi connectivity index (χ1n) is 5.84. The monoisotopic (exact) mass is 307 g/mol. The predicted molar refractivity (Wildman–Crippen MR) is 76.1 cm³/mol. The number of halogens is 1. The van der Waals surface area contributed by atoms with Gasteiger partial charge in [0.2, 0.25) is 0 Å². The molecule has 2 aromatic heterocycles. The molecule has 3 aromatic rings. The highest BCUT2D eigenvalue weighted by molar-refractivity contribution is 7.98. The van der Waals surface area contributed by atoms with Gasteiger partial charge in [0.1, 0.15) is 5.82 Å². The van der Waals surface area contributed by atoms with Crippen molar-refractivity contribution in [1.29, 1.82) is 0 Å². The van der Waals surface area contributed by atoms with Crippen LogP contribution in [0.4, 0.5) is 4.39 Å². The van der Waals surface area contributed by atoms with Gasteiger partial charge < -0.3 is 4.42 Å². The summed E-state index contributed by atoms with van der Waals surface area (Å²) in [6.07, 6.45) is 0. The molecule has 2 heterocycles. The summed E-state index contributed by atoms with van der Waals surface area (Å²) in [4.78, 5) is 4.35. The van der Waals surface area contributed by atoms with Gasteiger partial charge in [-0.2, -0.15) is 0 Å². The molecule has 0 fully saturated rings. The lowest BCUT2D eigenvalue weighted by atomic mass is 10.2. The minimum atomic E-state index is -0.372. The van der Waals surface area contributed by atoms with Crippen molar-refractivity contribution in [2.24, 2.45) is 0 Å². The number of hydrogen-bond acceptors (Lipinski definition) is 6. The van der Waals surface area contributed by atoms with Crippen molar-refractivity contribution in [1.82, 2.24) is 15.2 Å². The lowest BCUT2D eigenvalue weighted by molar-refractivity contribution is 0.462. The molecule has 0 N–H and O–H groups in total. The molecule has 3 rings (SSSR count). The highest BCUT2D eigenvalue weighted by atomic mass is 32.2. The average Bonchev–Trinajstić information content (AvgIpc) is 3.06. The van der Waals surface area contributed by atoms with Crippen LogP contribution < -0.4 is 0 Å². The fourth-order valence-electron chi connectivity index (χ4n) is 1.62. The molecule has 0 amide bonds. The second-order valence-electron chi connectivity index (χ2n) is 4.00. The maximum absolute atomic E-state index is 13.6. The van der Waals surface area contributed by atoms with Gasteiger partial charge >= 0.3 is 0 Å². The number of hydrogen-bond donors (Lipinski definition) is 0. The third-order valence-corrected chi connectivity index (χ3v) is 4.20. The third-order valence-electron chi connectivity index (χ3n) is 2.52. The van der Waals surface area contributed by atoms with Crippen molar-refractivity contribution in [3.05, 3.63) is 46.2 Å². The molecular formula is C13H10FN3OS2. The maximum atomic E-state index is 13.6. The zero-order valence-electron chi connectivity index (χ0n) is 10.5. The molecule has 102 valence electrons. The minimum Gasteiger partial charge on any atom is -0.411 e. The van der Waals surface area contributed by atoms with Crippen LogP contribution in [0, 0.1) is 12.7 Å². The van der Waals surface area contributed by atoms with E-state index in [0.29, 0.717) is 16.5 Å². The van der Waals surface area contributed by atoms with Crippen LogP contribution >= 0.6 is 23.1 Å². The Morgan fingerprint density at radius 1 is 1.30 bits per heavy atom. The fourth-order valence-corrected chi connectivity index (χ4v) is 3.00. The molecule has 4 nitrogen and oxygen atoms in total. The smallest absolute Gasteiger partial charge is 0.277 e. The van der Waals surface area contributed by atoms with Crippen LogP contribution in [0.15, 0.2) is 39.3 Å². The molecule has 0 spiro atoms. The minimum absolute atomic E-state index is 0.194. The summed E-state index contributed by atoms with van der Waals surface area (Å²) in [7, 11) is 0. The standard InChI is InChI=1S/C13H10FN3OS2/c1-8-15-9(6-19-8)7-20-13-17-16-12(18-13)10-4-2-3-5-11(10)14/h2-6H,7H2,1H3. The lowest BCUT2D eigenvalue weighted by Crippen LogP contribution is -1.82. The molecule has 0 aliphatic rings. The van der Waals surface area contributed by atoms with E-state index in [1.165, 1.54) is 17.8 Å². The molecule has 0 radical (unpaired) electrons. The van der Waals surface area contributed by atoms with Gasteiger partial charge in [0.15, 0.2) is 0 Å². The van der Waals surface area contributed by atoms with Crippen LogP contribution in [0.2, 0.25) is 0 Å². The molecule has 0 aliphatic heterocycles. The van der Waals surface area contributed by atoms with E-state index in [1.54, 1.807) is 29.5 Å². The largest absolute Gasteiger partial charge is 0.411 e. The van der Waals surface area contributed by atoms with Crippen molar-refractivity contribution in [2.45, 2.75) is 17.9 Å². The summed E-state index contributed by atoms with van der Waals surface area (Å²) in [6.45, 7) is 1.96. The molecule has 7 heteroatoms. The van der Waals surface area contributed by atoms with Crippen LogP contribution in [0.3, 0.4) is 0 Å². The van der Waals surface area contributed by atoms with Gasteiger partial charge in [0, 0.05) is 11.1 Å². The van der Waals surface area contributed by atoms with Crippen molar-refractivity contribution in [2.75, 3.05) is 0 Å². The zero-order valence-corrected chi connectivity index (χ0v) is 12.2. The molecule has 0 saturated carbocycles. The van der Waals surface area contributed by atoms with Gasteiger partial charge in [-0.05, 0) is 19.1 Å². The topological polar surface area (TPSA) is 51.8 Å². The number of aryl methyl sites for hydroxylation is 1. The van der Waals surface area contributed by atoms with Crippen LogP contribution in [0.25, 0.3) is 11.5 Å². The van der Waals surface area contributed by atoms with Gasteiger partial charge in [-0.3, -0.25) is 0 Å². The van der Waals surface area contributed by atoms with E-state index in [0.717, 1.165) is 10.7 Å². The van der Waals surface area contributed by atoms with Crippen molar-refractivity contribution >= 4 is 23.1 Å². The molecule has 0 bridgehead atoms. The second kappa shape index (κ2) is 5.72. The number of nitrogens with zero attached hydrogens (tertiary/aromatic N) is 3. The van der Waals surface area contributed by atoms with Gasteiger partial charge in [-0.15, -0.1) is 21.5 Å². The normalized spacial score (nSPS) is 10.9. The van der Waals surface area contributed by atoms with Gasteiger partial charge in [0.05, 0.1) is 16.3 Å². The van der Waals surface area contributed by atoms with E-state index < -0.39 is 0 Å². The molecule has 1 aromatic carbocycles. The van der Waals surface area contributed by atoms with E-state index in [2.05, 4.69) is 15.2 Å². The van der Waals surface area contributed by atoms with E-state index in [9.17, 15) is 4.39 Å². The number of rotatable bonds is 4. The Bertz CT molecular complexity index is 726. The Balaban J connectivity index is 1.72. The predicted octanol–water partition coefficient (Wildman–Crippen LogP) is 3.93. The third kappa shape index (κ3) is 2.88. The molecule has 0 unspecified atom stereocenters. The van der Waals surface area contributed by atoms with E-state index in [4.69, 9.17) is 4.42 Å². The molecule has 0 aliphatic carbocycles. The van der Waals surface area contributed by atoms with Crippen LogP contribution in [-0.2, 0) is 5.75 Å². The van der Waals surface area contributed by atoms with E-state index in [1.807, 2.05) is 12.3 Å². The Morgan fingerprint density at radius 2 is 2.15 bits per heavy atom. The number of thiazole rings is 1. The lowest BCUT2D eigenvalue weighted by Gasteiger charge is -1.95. The van der Waals surface area contributed by atoms with Gasteiger partial charge in [-0.1, -0.05) is 23.9 Å². The second-order valence-corrected chi connectivity index (χ2v) is 5.99. The Labute approximate surface area is 123 Å². The summed E-state index contributed by atoms with van der Waals surface area (Å²) in [5.41, 5.74) is 1.29. The highest BCUT2D eigenvalue weighted by Crippen LogP contribution is 2.27. The van der Waals surface area contributed by atoms with Crippen LogP contribution in [0.1, 0.15) is 10.7 Å². The Morgan fingerprint density at radius 3 is 2.90 bits per heavy atom. The summed E-state index contributed by atoms with van der Waals surface area (Å²) < 4.78 is 19.1. The molecular weight excluding hydrogens is 297 g/mol. The first-order valence-corrected chi connectivity index (χ1v) is 7.71. The zero-order chi connectivity index (χ0) is 13.9. The van der Waals surface area contributed by atoms with Crippen molar-refractivity contribution in [3.63, 3.8) is 0 Å². The van der Waals surface area contributed by atoms with E-state index in [-0.39, 0.29) is 11.7 Å². The molecule has 0 atom stereocenters. The summed E-state index contributed by atoms with van der Waals surface area (Å²) >= 11 is 2.99. The number of thioether (sulfide) groups is 1. The van der Waals surface area contributed by atoms with Gasteiger partial charge in [0.25, 0.3) is 11.1 Å². The molecule has 20 heavy (non-hydrogen) atoms. The van der Waals surface area contributed by atoms with Gasteiger partial charge in [-0.25, -0.2) is 9.37 Å². The Hall–Kier alpha value is -1.73. The SMILES string of the molecule is Cc1nc(CSc2nnc(-c3ccccc3F)o2)cs1. The summed E-state index contributed by atoms with van der Waals surface area (Å²) in [5, 5.41) is 11.2. The Kier molecular flexibility index (Phi) is 3.79. The van der Waals surface area contributed by atoms with Crippen molar-refractivity contribution < 1.29 is 8.81 Å². The van der Waals surface area contributed by atoms with Crippen LogP contribution in [0.5, 0.6) is 0 Å². The van der Waals surface area contributed by atoms with E-state index >= 15 is 0 Å². The maximum Gasteiger partial charge on any atom is 0.277 e. The van der Waals surface area contributed by atoms with Crippen molar-refractivity contribution in [3.8, 4) is 11.5 Å². The molecule has 0 saturated heterocycles. The van der Waals surface area contributed by atoms with Crippen LogP contribution in [-0.4, -0.2) is 15.2 Å². The quantitative estimate of drug-likeness (QED) is 0.683. The highest BCUT2D eigenvalue weighted by Gasteiger charge is 2.13. The first-order chi connectivity index (χ1) is 9.72. The number of benzene rings is 1. The average molecular weight is 307 g/mol. The summed E-state index contributed by atoms with van der Waals surface area (Å²) in [5.74, 6) is 0.478.